The molecule has 2 unspecified atom stereocenters. The summed E-state index contributed by atoms with van der Waals surface area (Å²) in [7, 11) is 2.10. The second kappa shape index (κ2) is 7.38. The van der Waals surface area contributed by atoms with Crippen molar-refractivity contribution in [2.45, 2.75) is 26.0 Å². The quantitative estimate of drug-likeness (QED) is 0.846. The Balaban J connectivity index is 1.91. The molecule has 2 heterocycles. The lowest BCUT2D eigenvalue weighted by atomic mass is 10.1. The molecule has 116 valence electrons. The number of hydrogen-bond acceptors (Lipinski definition) is 5. The summed E-state index contributed by atoms with van der Waals surface area (Å²) in [5.41, 5.74) is 0.573. The van der Waals surface area contributed by atoms with Crippen molar-refractivity contribution in [3.05, 3.63) is 23.9 Å². The molecule has 1 aliphatic heterocycles. The van der Waals surface area contributed by atoms with Gasteiger partial charge in [-0.1, -0.05) is 0 Å². The lowest BCUT2D eigenvalue weighted by Gasteiger charge is -2.34. The van der Waals surface area contributed by atoms with Gasteiger partial charge in [0.25, 0.3) is 5.91 Å². The monoisotopic (exact) mass is 292 g/mol. The summed E-state index contributed by atoms with van der Waals surface area (Å²) in [6.45, 7) is 7.24. The molecule has 1 aliphatic rings. The zero-order valence-corrected chi connectivity index (χ0v) is 12.9. The minimum absolute atomic E-state index is 0.0955. The number of morpholine rings is 1. The smallest absolute Gasteiger partial charge is 0.252 e. The molecule has 0 bridgehead atoms. The highest BCUT2D eigenvalue weighted by molar-refractivity contribution is 5.93. The third kappa shape index (κ3) is 4.41. The van der Waals surface area contributed by atoms with Crippen molar-refractivity contribution in [1.82, 2.24) is 15.2 Å². The topological polar surface area (TPSA) is 66.5 Å². The Hall–Kier alpha value is -1.66. The van der Waals surface area contributed by atoms with Crippen LogP contribution in [0.5, 0.6) is 0 Å². The molecule has 0 spiro atoms. The fourth-order valence-electron chi connectivity index (χ4n) is 2.32. The molecule has 6 nitrogen and oxygen atoms in total. The number of aromatic nitrogens is 1. The van der Waals surface area contributed by atoms with Gasteiger partial charge in [-0.15, -0.1) is 0 Å². The van der Waals surface area contributed by atoms with E-state index in [1.165, 1.54) is 0 Å². The summed E-state index contributed by atoms with van der Waals surface area (Å²) in [4.78, 5) is 18.2. The Bertz CT molecular complexity index is 463. The van der Waals surface area contributed by atoms with E-state index < -0.39 is 0 Å². The van der Waals surface area contributed by atoms with Crippen LogP contribution < -0.4 is 10.6 Å². The molecule has 0 radical (unpaired) electrons. The molecule has 2 atom stereocenters. The molecule has 0 aliphatic carbocycles. The standard InChI is InChI=1S/C15H24N4O2/c1-4-16-15(20)12-5-6-14(17-9-12)18-11(2)13-10-19(3)7-8-21-13/h5-6,9,11,13H,4,7-8,10H2,1-3H3,(H,16,20)(H,17,18). The Morgan fingerprint density at radius 1 is 1.57 bits per heavy atom. The van der Waals surface area contributed by atoms with Gasteiger partial charge in [0.1, 0.15) is 5.82 Å². The Morgan fingerprint density at radius 2 is 2.38 bits per heavy atom. The van der Waals surface area contributed by atoms with Crippen molar-refractivity contribution in [2.75, 3.05) is 38.6 Å². The third-order valence-electron chi connectivity index (χ3n) is 3.59. The third-order valence-corrected chi connectivity index (χ3v) is 3.59. The van der Waals surface area contributed by atoms with Crippen LogP contribution in [0.15, 0.2) is 18.3 Å². The van der Waals surface area contributed by atoms with Crippen molar-refractivity contribution in [2.24, 2.45) is 0 Å². The molecular weight excluding hydrogens is 268 g/mol. The summed E-state index contributed by atoms with van der Waals surface area (Å²) in [5.74, 6) is 0.661. The van der Waals surface area contributed by atoms with E-state index in [2.05, 4.69) is 34.5 Å². The highest BCUT2D eigenvalue weighted by Gasteiger charge is 2.23. The molecule has 1 aromatic heterocycles. The highest BCUT2D eigenvalue weighted by atomic mass is 16.5. The lowest BCUT2D eigenvalue weighted by Crippen LogP contribution is -2.47. The van der Waals surface area contributed by atoms with E-state index in [1.54, 1.807) is 12.3 Å². The van der Waals surface area contributed by atoms with Crippen LogP contribution in [-0.2, 0) is 4.74 Å². The molecule has 0 aromatic carbocycles. The van der Waals surface area contributed by atoms with Crippen molar-refractivity contribution >= 4 is 11.7 Å². The zero-order valence-electron chi connectivity index (χ0n) is 12.9. The number of nitrogens with one attached hydrogen (secondary N) is 2. The van der Waals surface area contributed by atoms with Gasteiger partial charge in [-0.05, 0) is 33.0 Å². The number of rotatable bonds is 5. The van der Waals surface area contributed by atoms with Gasteiger partial charge in [-0.3, -0.25) is 4.79 Å². The SMILES string of the molecule is CCNC(=O)c1ccc(NC(C)C2CN(C)CCO2)nc1. The molecule has 2 rings (SSSR count). The van der Waals surface area contributed by atoms with Crippen LogP contribution in [0.1, 0.15) is 24.2 Å². The predicted octanol–water partition coefficient (Wildman–Crippen LogP) is 0.962. The number of carbonyl (C=O) groups excluding carboxylic acids is 1. The minimum atomic E-state index is -0.0955. The number of carbonyl (C=O) groups is 1. The average Bonchev–Trinajstić information content (AvgIpc) is 2.48. The predicted molar refractivity (Wildman–Crippen MR) is 82.6 cm³/mol. The first-order valence-electron chi connectivity index (χ1n) is 7.41. The number of nitrogens with zero attached hydrogens (tertiary/aromatic N) is 2. The van der Waals surface area contributed by atoms with Crippen LogP contribution in [0.25, 0.3) is 0 Å². The maximum atomic E-state index is 11.7. The van der Waals surface area contributed by atoms with E-state index in [9.17, 15) is 4.79 Å². The molecule has 21 heavy (non-hydrogen) atoms. The van der Waals surface area contributed by atoms with Gasteiger partial charge in [0, 0.05) is 25.8 Å². The van der Waals surface area contributed by atoms with Gasteiger partial charge in [-0.2, -0.15) is 0 Å². The van der Waals surface area contributed by atoms with E-state index in [4.69, 9.17) is 4.74 Å². The molecule has 2 N–H and O–H groups in total. The summed E-state index contributed by atoms with van der Waals surface area (Å²) >= 11 is 0. The van der Waals surface area contributed by atoms with Gasteiger partial charge in [0.2, 0.25) is 0 Å². The fourth-order valence-corrected chi connectivity index (χ4v) is 2.32. The summed E-state index contributed by atoms with van der Waals surface area (Å²) in [6.07, 6.45) is 1.74. The number of ether oxygens (including phenoxy) is 1. The van der Waals surface area contributed by atoms with Crippen molar-refractivity contribution in [3.63, 3.8) is 0 Å². The van der Waals surface area contributed by atoms with Crippen LogP contribution in [0.2, 0.25) is 0 Å². The van der Waals surface area contributed by atoms with E-state index in [-0.39, 0.29) is 18.1 Å². The van der Waals surface area contributed by atoms with Gasteiger partial charge in [0.15, 0.2) is 0 Å². The van der Waals surface area contributed by atoms with Gasteiger partial charge < -0.3 is 20.3 Å². The molecular formula is C15H24N4O2. The first-order valence-corrected chi connectivity index (χ1v) is 7.41. The molecule has 6 heteroatoms. The first kappa shape index (κ1) is 15.7. The number of hydrogen-bond donors (Lipinski definition) is 2. The van der Waals surface area contributed by atoms with Crippen LogP contribution >= 0.6 is 0 Å². The summed E-state index contributed by atoms with van der Waals surface area (Å²) in [6, 6.07) is 3.77. The van der Waals surface area contributed by atoms with E-state index >= 15 is 0 Å². The van der Waals surface area contributed by atoms with Crippen LogP contribution in [0, 0.1) is 0 Å². The number of likely N-dealkylation sites (N-methyl/N-ethyl adjacent to an activating group) is 1. The minimum Gasteiger partial charge on any atom is -0.373 e. The average molecular weight is 292 g/mol. The number of amides is 1. The first-order chi connectivity index (χ1) is 10.1. The Kier molecular flexibility index (Phi) is 5.52. The maximum Gasteiger partial charge on any atom is 0.252 e. The Morgan fingerprint density at radius 3 is 3.00 bits per heavy atom. The van der Waals surface area contributed by atoms with Crippen molar-refractivity contribution in [3.8, 4) is 0 Å². The molecule has 1 amide bonds. The number of pyridine rings is 1. The molecule has 1 fully saturated rings. The second-order valence-electron chi connectivity index (χ2n) is 5.40. The highest BCUT2D eigenvalue weighted by Crippen LogP contribution is 2.13. The number of anilines is 1. The summed E-state index contributed by atoms with van der Waals surface area (Å²) < 4.78 is 5.78. The lowest BCUT2D eigenvalue weighted by molar-refractivity contribution is -0.0259. The van der Waals surface area contributed by atoms with Crippen molar-refractivity contribution in [1.29, 1.82) is 0 Å². The van der Waals surface area contributed by atoms with Crippen molar-refractivity contribution < 1.29 is 9.53 Å². The van der Waals surface area contributed by atoms with E-state index in [1.807, 2.05) is 13.0 Å². The Labute approximate surface area is 125 Å². The van der Waals surface area contributed by atoms with Gasteiger partial charge in [-0.25, -0.2) is 4.98 Å². The summed E-state index contributed by atoms with van der Waals surface area (Å²) in [5, 5.41) is 6.09. The maximum absolute atomic E-state index is 11.7. The van der Waals surface area contributed by atoms with Crippen LogP contribution in [-0.4, -0.2) is 61.2 Å². The van der Waals surface area contributed by atoms with E-state index in [0.717, 1.165) is 25.5 Å². The van der Waals surface area contributed by atoms with Crippen LogP contribution in [0.4, 0.5) is 5.82 Å². The molecule has 0 saturated carbocycles. The second-order valence-corrected chi connectivity index (χ2v) is 5.40. The molecule has 1 aromatic rings. The molecule has 1 saturated heterocycles. The fraction of sp³-hybridized carbons (Fsp3) is 0.600. The zero-order chi connectivity index (χ0) is 15.2. The van der Waals surface area contributed by atoms with Gasteiger partial charge >= 0.3 is 0 Å². The van der Waals surface area contributed by atoms with E-state index in [0.29, 0.717) is 12.1 Å². The van der Waals surface area contributed by atoms with Crippen LogP contribution in [0.3, 0.4) is 0 Å². The largest absolute Gasteiger partial charge is 0.373 e. The normalized spacial score (nSPS) is 20.8. The van der Waals surface area contributed by atoms with Gasteiger partial charge in [0.05, 0.1) is 24.3 Å².